The van der Waals surface area contributed by atoms with Crippen LogP contribution in [0.1, 0.15) is 34.7 Å². The van der Waals surface area contributed by atoms with Gasteiger partial charge in [0.1, 0.15) is 11.4 Å². The maximum atomic E-state index is 10.2. The summed E-state index contributed by atoms with van der Waals surface area (Å²) < 4.78 is 0. The molecule has 0 bridgehead atoms. The van der Waals surface area contributed by atoms with Crippen molar-refractivity contribution in [2.75, 3.05) is 0 Å². The van der Waals surface area contributed by atoms with Gasteiger partial charge < -0.3 is 20.4 Å². The topological polar surface area (TPSA) is 106 Å². The van der Waals surface area contributed by atoms with Gasteiger partial charge in [0.05, 0.1) is 25.5 Å². The van der Waals surface area contributed by atoms with Crippen LogP contribution in [0.3, 0.4) is 0 Å². The SMILES string of the molecule is CCc1cc(C)cc(N=Nc2cc(CO)c(CO)c(CO)c2)c1O. The standard InChI is InChI=1S/C18H22N2O4/c1-3-12-4-11(2)5-17(18(12)24)20-19-15-6-13(8-21)16(10-23)14(7-15)9-22/h4-7,21-24H,3,8-10H2,1-2H3. The third-order valence-electron chi connectivity index (χ3n) is 3.89. The number of rotatable bonds is 6. The molecule has 24 heavy (non-hydrogen) atoms. The van der Waals surface area contributed by atoms with Crippen molar-refractivity contribution in [2.45, 2.75) is 40.1 Å². The smallest absolute Gasteiger partial charge is 0.146 e. The van der Waals surface area contributed by atoms with Gasteiger partial charge >= 0.3 is 0 Å². The van der Waals surface area contributed by atoms with Crippen molar-refractivity contribution in [2.24, 2.45) is 10.2 Å². The average molecular weight is 330 g/mol. The predicted molar refractivity (Wildman–Crippen MR) is 90.6 cm³/mol. The molecule has 128 valence electrons. The average Bonchev–Trinajstić information content (AvgIpc) is 2.60. The molecule has 2 aromatic carbocycles. The third kappa shape index (κ3) is 3.79. The summed E-state index contributed by atoms with van der Waals surface area (Å²) in [5.41, 5.74) is 4.04. The molecule has 0 spiro atoms. The number of aliphatic hydroxyl groups is 3. The molecule has 0 fully saturated rings. The highest BCUT2D eigenvalue weighted by Crippen LogP contribution is 2.34. The van der Waals surface area contributed by atoms with Gasteiger partial charge in [-0.25, -0.2) is 0 Å². The highest BCUT2D eigenvalue weighted by Gasteiger charge is 2.10. The van der Waals surface area contributed by atoms with Gasteiger partial charge in [-0.1, -0.05) is 13.0 Å². The molecule has 0 unspecified atom stereocenters. The first-order valence-corrected chi connectivity index (χ1v) is 7.75. The Morgan fingerprint density at radius 1 is 0.833 bits per heavy atom. The number of hydrogen-bond donors (Lipinski definition) is 4. The van der Waals surface area contributed by atoms with Crippen LogP contribution >= 0.6 is 0 Å². The third-order valence-corrected chi connectivity index (χ3v) is 3.89. The zero-order chi connectivity index (χ0) is 17.7. The van der Waals surface area contributed by atoms with Crippen LogP contribution in [0.2, 0.25) is 0 Å². The molecule has 0 aliphatic heterocycles. The lowest BCUT2D eigenvalue weighted by Crippen LogP contribution is -2.00. The molecule has 0 radical (unpaired) electrons. The summed E-state index contributed by atoms with van der Waals surface area (Å²) in [5, 5.41) is 46.6. The molecule has 4 N–H and O–H groups in total. The molecule has 0 saturated heterocycles. The van der Waals surface area contributed by atoms with Gasteiger partial charge in [-0.3, -0.25) is 0 Å². The zero-order valence-corrected chi connectivity index (χ0v) is 13.8. The number of aliphatic hydroxyl groups excluding tert-OH is 3. The molecule has 0 aliphatic rings. The molecule has 6 nitrogen and oxygen atoms in total. The fourth-order valence-corrected chi connectivity index (χ4v) is 2.61. The van der Waals surface area contributed by atoms with Gasteiger partial charge in [0, 0.05) is 0 Å². The van der Waals surface area contributed by atoms with Gasteiger partial charge in [0.2, 0.25) is 0 Å². The molecule has 2 aromatic rings. The minimum absolute atomic E-state index is 0.101. The van der Waals surface area contributed by atoms with Crippen LogP contribution < -0.4 is 0 Å². The summed E-state index contributed by atoms with van der Waals surface area (Å²) in [5.74, 6) is 0.101. The second-order valence-electron chi connectivity index (χ2n) is 5.56. The number of hydrogen-bond acceptors (Lipinski definition) is 6. The minimum atomic E-state index is -0.276. The summed E-state index contributed by atoms with van der Waals surface area (Å²) in [6.45, 7) is 3.04. The normalized spacial score (nSPS) is 11.4. The number of phenols is 1. The lowest BCUT2D eigenvalue weighted by Gasteiger charge is -2.11. The molecule has 0 aromatic heterocycles. The Kier molecular flexibility index (Phi) is 6.03. The van der Waals surface area contributed by atoms with Crippen LogP contribution in [0.15, 0.2) is 34.5 Å². The first kappa shape index (κ1) is 18.1. The number of azo groups is 1. The second kappa shape index (κ2) is 8.01. The number of aryl methyl sites for hydroxylation is 2. The predicted octanol–water partition coefficient (Wildman–Crippen LogP) is 3.16. The summed E-state index contributed by atoms with van der Waals surface area (Å²) in [6, 6.07) is 6.84. The summed E-state index contributed by atoms with van der Waals surface area (Å²) in [4.78, 5) is 0. The molecular weight excluding hydrogens is 308 g/mol. The fraction of sp³-hybridized carbons (Fsp3) is 0.333. The Morgan fingerprint density at radius 3 is 1.96 bits per heavy atom. The van der Waals surface area contributed by atoms with E-state index in [1.165, 1.54) is 0 Å². The lowest BCUT2D eigenvalue weighted by molar-refractivity contribution is 0.248. The van der Waals surface area contributed by atoms with E-state index in [-0.39, 0.29) is 25.6 Å². The van der Waals surface area contributed by atoms with Crippen LogP contribution in [0.4, 0.5) is 11.4 Å². The fourth-order valence-electron chi connectivity index (χ4n) is 2.61. The van der Waals surface area contributed by atoms with E-state index in [9.17, 15) is 20.4 Å². The van der Waals surface area contributed by atoms with E-state index < -0.39 is 0 Å². The Bertz CT molecular complexity index is 732. The number of benzene rings is 2. The highest BCUT2D eigenvalue weighted by molar-refractivity contribution is 5.57. The van der Waals surface area contributed by atoms with E-state index in [1.54, 1.807) is 18.2 Å². The number of aromatic hydroxyl groups is 1. The van der Waals surface area contributed by atoms with Gasteiger partial charge in [-0.15, -0.1) is 5.11 Å². The van der Waals surface area contributed by atoms with Crippen molar-refractivity contribution in [3.63, 3.8) is 0 Å². The molecule has 2 rings (SSSR count). The molecule has 6 heteroatoms. The summed E-state index contributed by atoms with van der Waals surface area (Å²) in [6.07, 6.45) is 0.685. The molecule has 0 amide bonds. The van der Waals surface area contributed by atoms with Crippen molar-refractivity contribution in [1.82, 2.24) is 0 Å². The van der Waals surface area contributed by atoms with E-state index in [2.05, 4.69) is 10.2 Å². The van der Waals surface area contributed by atoms with Crippen LogP contribution in [-0.2, 0) is 26.2 Å². The van der Waals surface area contributed by atoms with E-state index in [1.807, 2.05) is 19.9 Å². The maximum absolute atomic E-state index is 10.2. The van der Waals surface area contributed by atoms with Crippen LogP contribution in [0, 0.1) is 6.92 Å². The molecular formula is C18H22N2O4. The van der Waals surface area contributed by atoms with Gasteiger partial charge in [0.15, 0.2) is 0 Å². The van der Waals surface area contributed by atoms with E-state index in [0.29, 0.717) is 34.5 Å². The van der Waals surface area contributed by atoms with Gasteiger partial charge in [0.25, 0.3) is 0 Å². The zero-order valence-electron chi connectivity index (χ0n) is 13.8. The van der Waals surface area contributed by atoms with Crippen molar-refractivity contribution in [1.29, 1.82) is 0 Å². The van der Waals surface area contributed by atoms with Gasteiger partial charge in [-0.2, -0.15) is 5.11 Å². The Morgan fingerprint density at radius 2 is 1.46 bits per heavy atom. The van der Waals surface area contributed by atoms with Gasteiger partial charge in [-0.05, 0) is 59.4 Å². The van der Waals surface area contributed by atoms with Crippen LogP contribution in [-0.4, -0.2) is 20.4 Å². The Hall–Kier alpha value is -2.28. The van der Waals surface area contributed by atoms with Crippen molar-refractivity contribution < 1.29 is 20.4 Å². The quantitative estimate of drug-likeness (QED) is 0.610. The van der Waals surface area contributed by atoms with Crippen molar-refractivity contribution >= 4 is 11.4 Å². The first-order valence-electron chi connectivity index (χ1n) is 7.75. The molecule has 0 atom stereocenters. The number of phenolic OH excluding ortho intramolecular Hbond substituents is 1. The largest absolute Gasteiger partial charge is 0.505 e. The summed E-state index contributed by atoms with van der Waals surface area (Å²) >= 11 is 0. The Labute approximate surface area is 140 Å². The molecule has 0 saturated carbocycles. The second-order valence-corrected chi connectivity index (χ2v) is 5.56. The lowest BCUT2D eigenvalue weighted by atomic mass is 10.0. The monoisotopic (exact) mass is 330 g/mol. The van der Waals surface area contributed by atoms with E-state index >= 15 is 0 Å². The summed E-state index contributed by atoms with van der Waals surface area (Å²) in [7, 11) is 0. The van der Waals surface area contributed by atoms with Crippen LogP contribution in [0.5, 0.6) is 5.75 Å². The van der Waals surface area contributed by atoms with E-state index in [0.717, 1.165) is 11.1 Å². The van der Waals surface area contributed by atoms with Crippen molar-refractivity contribution in [3.8, 4) is 5.75 Å². The van der Waals surface area contributed by atoms with Crippen molar-refractivity contribution in [3.05, 3.63) is 52.1 Å². The maximum Gasteiger partial charge on any atom is 0.146 e. The first-order chi connectivity index (χ1) is 11.5. The molecule has 0 aliphatic carbocycles. The number of nitrogens with zero attached hydrogens (tertiary/aromatic N) is 2. The highest BCUT2D eigenvalue weighted by atomic mass is 16.3. The Balaban J connectivity index is 2.44. The molecule has 0 heterocycles. The van der Waals surface area contributed by atoms with E-state index in [4.69, 9.17) is 0 Å². The minimum Gasteiger partial charge on any atom is -0.505 e. The van der Waals surface area contributed by atoms with Crippen LogP contribution in [0.25, 0.3) is 0 Å².